The van der Waals surface area contributed by atoms with Gasteiger partial charge in [-0.2, -0.15) is 0 Å². The SMILES string of the molecule is c1ccc(-c2cccc3c2oc2c(Nc4ccc(-c5ccc6c(-c7ccc8ccccc8c7)cccc6c5)cc4)cc4ccccc4c23)cc1. The highest BCUT2D eigenvalue weighted by molar-refractivity contribution is 6.24. The number of furan rings is 1. The van der Waals surface area contributed by atoms with E-state index >= 15 is 0 Å². The molecule has 0 amide bonds. The van der Waals surface area contributed by atoms with Gasteiger partial charge in [0.05, 0.1) is 5.69 Å². The first-order chi connectivity index (χ1) is 24.8. The fourth-order valence-corrected chi connectivity index (χ4v) is 7.56. The van der Waals surface area contributed by atoms with Gasteiger partial charge in [0.1, 0.15) is 5.58 Å². The van der Waals surface area contributed by atoms with Crippen LogP contribution in [0.3, 0.4) is 0 Å². The topological polar surface area (TPSA) is 25.2 Å². The summed E-state index contributed by atoms with van der Waals surface area (Å²) in [5.41, 5.74) is 10.8. The normalized spacial score (nSPS) is 11.6. The van der Waals surface area contributed by atoms with Crippen LogP contribution in [0.5, 0.6) is 0 Å². The minimum absolute atomic E-state index is 0.864. The van der Waals surface area contributed by atoms with Gasteiger partial charge in [0.25, 0.3) is 0 Å². The molecule has 0 saturated carbocycles. The van der Waals surface area contributed by atoms with E-state index in [4.69, 9.17) is 4.42 Å². The zero-order chi connectivity index (χ0) is 33.0. The van der Waals surface area contributed by atoms with E-state index in [-0.39, 0.29) is 0 Å². The van der Waals surface area contributed by atoms with Crippen molar-refractivity contribution in [1.29, 1.82) is 0 Å². The largest absolute Gasteiger partial charge is 0.453 e. The molecule has 0 unspecified atom stereocenters. The van der Waals surface area contributed by atoms with E-state index in [0.717, 1.165) is 44.4 Å². The van der Waals surface area contributed by atoms with Crippen LogP contribution in [-0.2, 0) is 0 Å². The standard InChI is InChI=1S/C48H31NO/c1-2-11-33(12-3-1)43-18-9-19-44-46-42-16-7-6-14-37(42)30-45(48(46)50-47(43)44)49-39-25-22-32(23-26-39)35-24-27-41-36(29-35)15-8-17-40(41)38-21-20-31-10-4-5-13-34(31)28-38/h1-30,49H. The molecule has 9 aromatic carbocycles. The lowest BCUT2D eigenvalue weighted by Gasteiger charge is -2.12. The van der Waals surface area contributed by atoms with Crippen LogP contribution in [0.25, 0.3) is 87.6 Å². The van der Waals surface area contributed by atoms with Crippen molar-refractivity contribution in [3.8, 4) is 33.4 Å². The number of benzene rings is 9. The Morgan fingerprint density at radius 3 is 1.86 bits per heavy atom. The van der Waals surface area contributed by atoms with Gasteiger partial charge in [-0.1, -0.05) is 152 Å². The van der Waals surface area contributed by atoms with E-state index in [1.54, 1.807) is 0 Å². The highest BCUT2D eigenvalue weighted by Crippen LogP contribution is 2.43. The van der Waals surface area contributed by atoms with Crippen molar-refractivity contribution in [3.05, 3.63) is 182 Å². The Bertz CT molecular complexity index is 2880. The number of hydrogen-bond donors (Lipinski definition) is 1. The second-order valence-electron chi connectivity index (χ2n) is 13.0. The Hall–Kier alpha value is -6.64. The van der Waals surface area contributed by atoms with Crippen molar-refractivity contribution in [2.24, 2.45) is 0 Å². The first-order valence-electron chi connectivity index (χ1n) is 17.1. The molecule has 50 heavy (non-hydrogen) atoms. The summed E-state index contributed by atoms with van der Waals surface area (Å²) < 4.78 is 6.78. The van der Waals surface area contributed by atoms with Crippen LogP contribution >= 0.6 is 0 Å². The van der Waals surface area contributed by atoms with Crippen molar-refractivity contribution < 1.29 is 4.42 Å². The van der Waals surface area contributed by atoms with Gasteiger partial charge in [-0.3, -0.25) is 0 Å². The molecule has 0 radical (unpaired) electrons. The van der Waals surface area contributed by atoms with Gasteiger partial charge in [-0.25, -0.2) is 0 Å². The molecule has 0 aliphatic rings. The molecule has 0 spiro atoms. The van der Waals surface area contributed by atoms with Crippen LogP contribution in [0.1, 0.15) is 0 Å². The maximum absolute atomic E-state index is 6.78. The number of nitrogens with one attached hydrogen (secondary N) is 1. The van der Waals surface area contributed by atoms with E-state index in [1.807, 2.05) is 6.07 Å². The van der Waals surface area contributed by atoms with Crippen molar-refractivity contribution in [2.45, 2.75) is 0 Å². The van der Waals surface area contributed by atoms with Crippen molar-refractivity contribution in [1.82, 2.24) is 0 Å². The molecule has 0 saturated heterocycles. The predicted octanol–water partition coefficient (Wildman–Crippen LogP) is 13.8. The molecule has 2 heteroatoms. The van der Waals surface area contributed by atoms with Gasteiger partial charge in [0, 0.05) is 22.0 Å². The van der Waals surface area contributed by atoms with Crippen molar-refractivity contribution in [3.63, 3.8) is 0 Å². The summed E-state index contributed by atoms with van der Waals surface area (Å²) in [5, 5.41) is 13.3. The Labute approximate surface area is 289 Å². The monoisotopic (exact) mass is 637 g/mol. The van der Waals surface area contributed by atoms with Crippen LogP contribution in [0.2, 0.25) is 0 Å². The molecule has 234 valence electrons. The highest BCUT2D eigenvalue weighted by Gasteiger charge is 2.18. The number of rotatable bonds is 5. The summed E-state index contributed by atoms with van der Waals surface area (Å²) in [4.78, 5) is 0. The van der Waals surface area contributed by atoms with Gasteiger partial charge >= 0.3 is 0 Å². The average molecular weight is 638 g/mol. The van der Waals surface area contributed by atoms with Crippen LogP contribution < -0.4 is 5.32 Å². The molecular weight excluding hydrogens is 607 g/mol. The zero-order valence-corrected chi connectivity index (χ0v) is 27.2. The molecule has 0 aliphatic heterocycles. The van der Waals surface area contributed by atoms with Gasteiger partial charge in [-0.15, -0.1) is 0 Å². The molecule has 0 bridgehead atoms. The number of hydrogen-bond acceptors (Lipinski definition) is 2. The van der Waals surface area contributed by atoms with E-state index in [0.29, 0.717) is 0 Å². The zero-order valence-electron chi connectivity index (χ0n) is 27.2. The summed E-state index contributed by atoms with van der Waals surface area (Å²) in [7, 11) is 0. The van der Waals surface area contributed by atoms with Gasteiger partial charge < -0.3 is 9.73 Å². The van der Waals surface area contributed by atoms with Crippen LogP contribution in [0.15, 0.2) is 186 Å². The molecule has 0 aliphatic carbocycles. The second kappa shape index (κ2) is 11.5. The minimum Gasteiger partial charge on any atom is -0.453 e. The van der Waals surface area contributed by atoms with E-state index in [2.05, 4.69) is 181 Å². The van der Waals surface area contributed by atoms with Gasteiger partial charge in [0.15, 0.2) is 5.58 Å². The third-order valence-corrected chi connectivity index (χ3v) is 10.0. The van der Waals surface area contributed by atoms with Crippen LogP contribution in [0, 0.1) is 0 Å². The smallest absolute Gasteiger partial charge is 0.159 e. The summed E-state index contributed by atoms with van der Waals surface area (Å²) in [5.74, 6) is 0. The fourth-order valence-electron chi connectivity index (χ4n) is 7.56. The predicted molar refractivity (Wildman–Crippen MR) is 212 cm³/mol. The quantitative estimate of drug-likeness (QED) is 0.203. The summed E-state index contributed by atoms with van der Waals surface area (Å²) in [6, 6.07) is 65.1. The molecule has 0 atom stereocenters. The summed E-state index contributed by atoms with van der Waals surface area (Å²) >= 11 is 0. The first kappa shape index (κ1) is 28.4. The van der Waals surface area contributed by atoms with E-state index < -0.39 is 0 Å². The molecule has 10 aromatic rings. The van der Waals surface area contributed by atoms with Gasteiger partial charge in [0.2, 0.25) is 0 Å². The van der Waals surface area contributed by atoms with Crippen LogP contribution in [0.4, 0.5) is 11.4 Å². The molecule has 1 N–H and O–H groups in total. The lowest BCUT2D eigenvalue weighted by molar-refractivity contribution is 0.671. The molecule has 1 aromatic heterocycles. The maximum Gasteiger partial charge on any atom is 0.159 e. The Balaban J connectivity index is 1.01. The molecule has 0 fully saturated rings. The third kappa shape index (κ3) is 4.73. The molecule has 10 rings (SSSR count). The fraction of sp³-hybridized carbons (Fsp3) is 0. The Morgan fingerprint density at radius 1 is 0.340 bits per heavy atom. The van der Waals surface area contributed by atoms with Gasteiger partial charge in [-0.05, 0) is 90.5 Å². The first-order valence-corrected chi connectivity index (χ1v) is 17.1. The van der Waals surface area contributed by atoms with E-state index in [1.165, 1.54) is 54.6 Å². The second-order valence-corrected chi connectivity index (χ2v) is 13.0. The van der Waals surface area contributed by atoms with Crippen LogP contribution in [-0.4, -0.2) is 0 Å². The molecule has 2 nitrogen and oxygen atoms in total. The van der Waals surface area contributed by atoms with E-state index in [9.17, 15) is 0 Å². The minimum atomic E-state index is 0.864. The Morgan fingerprint density at radius 2 is 0.980 bits per heavy atom. The Kier molecular flexibility index (Phi) is 6.53. The summed E-state index contributed by atoms with van der Waals surface area (Å²) in [6.45, 7) is 0. The average Bonchev–Trinajstić information content (AvgIpc) is 3.59. The number of fused-ring (bicyclic) bond motifs is 7. The number of para-hydroxylation sites is 1. The van der Waals surface area contributed by atoms with Crippen molar-refractivity contribution >= 4 is 65.6 Å². The highest BCUT2D eigenvalue weighted by atomic mass is 16.3. The molecule has 1 heterocycles. The molecular formula is C48H31NO. The lowest BCUT2D eigenvalue weighted by atomic mass is 9.94. The maximum atomic E-state index is 6.78. The number of anilines is 2. The van der Waals surface area contributed by atoms with Crippen molar-refractivity contribution in [2.75, 3.05) is 5.32 Å². The summed E-state index contributed by atoms with van der Waals surface area (Å²) in [6.07, 6.45) is 0. The lowest BCUT2D eigenvalue weighted by Crippen LogP contribution is -1.91. The third-order valence-electron chi connectivity index (χ3n) is 10.0.